The number of anilines is 2. The van der Waals surface area contributed by atoms with E-state index in [4.69, 9.17) is 15.7 Å². The lowest BCUT2D eigenvalue weighted by atomic mass is 10.1. The fourth-order valence-corrected chi connectivity index (χ4v) is 4.92. The number of H-pyrrole nitrogens is 2. The Morgan fingerprint density at radius 1 is 1.11 bits per heavy atom. The van der Waals surface area contributed by atoms with Crippen LogP contribution in [0.2, 0.25) is 0 Å². The SMILES string of the molecule is C=c1c(-c2nc3c(N4CCCCC4)cccc3[nH]2)n[nH]/c1=C/C=C(\C)c1cncc(N2CC(N)C2)n1. The van der Waals surface area contributed by atoms with Crippen molar-refractivity contribution >= 4 is 40.8 Å². The number of hydrogen-bond donors (Lipinski definition) is 3. The molecule has 4 aromatic rings. The molecule has 0 bridgehead atoms. The number of rotatable bonds is 5. The first-order valence-electron chi connectivity index (χ1n) is 12.6. The van der Waals surface area contributed by atoms with Crippen molar-refractivity contribution < 1.29 is 0 Å². The Kier molecular flexibility index (Phi) is 5.77. The van der Waals surface area contributed by atoms with Gasteiger partial charge in [-0.2, -0.15) is 5.10 Å². The molecule has 0 saturated carbocycles. The number of nitrogens with zero attached hydrogens (tertiary/aromatic N) is 6. The van der Waals surface area contributed by atoms with E-state index in [2.05, 4.69) is 54.7 Å². The van der Waals surface area contributed by atoms with Gasteiger partial charge in [0.05, 0.1) is 34.6 Å². The largest absolute Gasteiger partial charge is 0.370 e. The van der Waals surface area contributed by atoms with Crippen LogP contribution in [0.4, 0.5) is 11.5 Å². The van der Waals surface area contributed by atoms with Crippen LogP contribution in [0.3, 0.4) is 0 Å². The Labute approximate surface area is 209 Å². The highest BCUT2D eigenvalue weighted by molar-refractivity contribution is 5.90. The van der Waals surface area contributed by atoms with Crippen LogP contribution in [0, 0.1) is 0 Å². The molecule has 2 aliphatic rings. The second kappa shape index (κ2) is 9.23. The molecule has 9 heteroatoms. The van der Waals surface area contributed by atoms with Crippen molar-refractivity contribution in [3.8, 4) is 11.5 Å². The average Bonchev–Trinajstić information content (AvgIpc) is 3.49. The lowest BCUT2D eigenvalue weighted by Crippen LogP contribution is -2.56. The van der Waals surface area contributed by atoms with Gasteiger partial charge in [0.25, 0.3) is 0 Å². The zero-order valence-corrected chi connectivity index (χ0v) is 20.5. The van der Waals surface area contributed by atoms with Crippen molar-refractivity contribution in [1.82, 2.24) is 30.1 Å². The molecule has 2 fully saturated rings. The quantitative estimate of drug-likeness (QED) is 0.400. The minimum absolute atomic E-state index is 0.216. The summed E-state index contributed by atoms with van der Waals surface area (Å²) in [6.45, 7) is 10.1. The zero-order valence-electron chi connectivity index (χ0n) is 20.5. The molecule has 2 aliphatic heterocycles. The first-order chi connectivity index (χ1) is 17.6. The monoisotopic (exact) mass is 481 g/mol. The molecule has 5 heterocycles. The lowest BCUT2D eigenvalue weighted by Gasteiger charge is -2.37. The maximum Gasteiger partial charge on any atom is 0.159 e. The summed E-state index contributed by atoms with van der Waals surface area (Å²) in [5.41, 5.74) is 11.6. The molecule has 6 rings (SSSR count). The highest BCUT2D eigenvalue weighted by Crippen LogP contribution is 2.29. The van der Waals surface area contributed by atoms with E-state index in [1.807, 2.05) is 19.1 Å². The summed E-state index contributed by atoms with van der Waals surface area (Å²) < 4.78 is 0. The number of nitrogens with one attached hydrogen (secondary N) is 2. The van der Waals surface area contributed by atoms with Crippen LogP contribution >= 0.6 is 0 Å². The molecule has 4 N–H and O–H groups in total. The maximum absolute atomic E-state index is 5.91. The normalized spacial score (nSPS) is 17.7. The van der Waals surface area contributed by atoms with Crippen molar-refractivity contribution in [3.63, 3.8) is 0 Å². The van der Waals surface area contributed by atoms with Crippen LogP contribution in [-0.2, 0) is 0 Å². The molecule has 0 spiro atoms. The van der Waals surface area contributed by atoms with Crippen molar-refractivity contribution in [2.75, 3.05) is 36.0 Å². The Balaban J connectivity index is 1.28. The van der Waals surface area contributed by atoms with Crippen molar-refractivity contribution in [1.29, 1.82) is 0 Å². The number of hydrogen-bond acceptors (Lipinski definition) is 7. The number of aromatic amines is 2. The molecular weight excluding hydrogens is 450 g/mol. The second-order valence-electron chi connectivity index (χ2n) is 9.71. The molecule has 1 aromatic carbocycles. The number of allylic oxidation sites excluding steroid dienone is 2. The fraction of sp³-hybridized carbons (Fsp3) is 0.333. The zero-order chi connectivity index (χ0) is 24.6. The number of nitrogens with two attached hydrogens (primary N) is 1. The number of piperidine rings is 1. The van der Waals surface area contributed by atoms with Gasteiger partial charge in [0, 0.05) is 37.4 Å². The minimum atomic E-state index is 0.216. The first-order valence-corrected chi connectivity index (χ1v) is 12.6. The first kappa shape index (κ1) is 22.5. The van der Waals surface area contributed by atoms with Crippen LogP contribution in [0.1, 0.15) is 31.9 Å². The Morgan fingerprint density at radius 3 is 2.75 bits per heavy atom. The minimum Gasteiger partial charge on any atom is -0.370 e. The van der Waals surface area contributed by atoms with Gasteiger partial charge in [0.2, 0.25) is 0 Å². The highest BCUT2D eigenvalue weighted by atomic mass is 15.3. The van der Waals surface area contributed by atoms with Gasteiger partial charge in [-0.15, -0.1) is 0 Å². The lowest BCUT2D eigenvalue weighted by molar-refractivity contribution is 0.513. The van der Waals surface area contributed by atoms with Crippen molar-refractivity contribution in [2.45, 2.75) is 32.2 Å². The van der Waals surface area contributed by atoms with Crippen molar-refractivity contribution in [3.05, 3.63) is 52.9 Å². The smallest absolute Gasteiger partial charge is 0.159 e. The molecule has 0 aliphatic carbocycles. The summed E-state index contributed by atoms with van der Waals surface area (Å²) in [6.07, 6.45) is 11.3. The van der Waals surface area contributed by atoms with Gasteiger partial charge >= 0.3 is 0 Å². The van der Waals surface area contributed by atoms with E-state index >= 15 is 0 Å². The van der Waals surface area contributed by atoms with Gasteiger partial charge < -0.3 is 20.5 Å². The summed E-state index contributed by atoms with van der Waals surface area (Å²) >= 11 is 0. The summed E-state index contributed by atoms with van der Waals surface area (Å²) in [7, 11) is 0. The molecule has 184 valence electrons. The topological polar surface area (TPSA) is 116 Å². The van der Waals surface area contributed by atoms with Gasteiger partial charge in [-0.3, -0.25) is 10.1 Å². The van der Waals surface area contributed by atoms with E-state index in [9.17, 15) is 0 Å². The molecule has 3 aromatic heterocycles. The Morgan fingerprint density at radius 2 is 1.94 bits per heavy atom. The summed E-state index contributed by atoms with van der Waals surface area (Å²) in [5, 5.41) is 9.28. The Hall–Kier alpha value is -3.98. The van der Waals surface area contributed by atoms with Crippen LogP contribution in [0.5, 0.6) is 0 Å². The predicted molar refractivity (Wildman–Crippen MR) is 145 cm³/mol. The van der Waals surface area contributed by atoms with Crippen LogP contribution in [0.25, 0.3) is 40.8 Å². The highest BCUT2D eigenvalue weighted by Gasteiger charge is 2.24. The third-order valence-corrected chi connectivity index (χ3v) is 7.07. The van der Waals surface area contributed by atoms with E-state index < -0.39 is 0 Å². The van der Waals surface area contributed by atoms with Crippen molar-refractivity contribution in [2.24, 2.45) is 5.73 Å². The maximum atomic E-state index is 5.91. The van der Waals surface area contributed by atoms with E-state index in [0.717, 1.165) is 76.4 Å². The van der Waals surface area contributed by atoms with Gasteiger partial charge in [-0.05, 0) is 50.0 Å². The van der Waals surface area contributed by atoms with E-state index in [0.29, 0.717) is 0 Å². The standard InChI is InChI=1S/C27H31N9/c1-17(22-13-29-14-24(30-22)36-15-19(28)16-36)9-10-20-18(2)25(34-33-20)27-31-21-7-6-8-23(26(21)32-27)35-11-4-3-5-12-35/h6-10,13-14,19,33H,2-5,11-12,15-16,28H2,1H3,(H,31,32)/b17-9+,20-10+. The van der Waals surface area contributed by atoms with Gasteiger partial charge in [0.1, 0.15) is 17.0 Å². The Bertz CT molecular complexity index is 1530. The fourth-order valence-electron chi connectivity index (χ4n) is 4.92. The number of para-hydroxylation sites is 1. The third-order valence-electron chi connectivity index (χ3n) is 7.07. The molecule has 9 nitrogen and oxygen atoms in total. The van der Waals surface area contributed by atoms with Gasteiger partial charge in [-0.1, -0.05) is 18.7 Å². The number of imidazole rings is 1. The third kappa shape index (κ3) is 4.15. The summed E-state index contributed by atoms with van der Waals surface area (Å²) in [4.78, 5) is 22.1. The number of aromatic nitrogens is 6. The molecule has 0 atom stereocenters. The van der Waals surface area contributed by atoms with Gasteiger partial charge in [-0.25, -0.2) is 9.97 Å². The summed E-state index contributed by atoms with van der Waals surface area (Å²) in [6, 6.07) is 6.53. The van der Waals surface area contributed by atoms with E-state index in [1.54, 1.807) is 12.4 Å². The molecule has 0 unspecified atom stereocenters. The summed E-state index contributed by atoms with van der Waals surface area (Å²) in [5.74, 6) is 1.58. The van der Waals surface area contributed by atoms with Crippen LogP contribution in [0.15, 0.2) is 36.7 Å². The second-order valence-corrected chi connectivity index (χ2v) is 9.71. The predicted octanol–water partition coefficient (Wildman–Crippen LogP) is 2.17. The number of benzene rings is 1. The molecule has 0 radical (unpaired) electrons. The van der Waals surface area contributed by atoms with Crippen LogP contribution < -0.4 is 26.1 Å². The molecular formula is C27H31N9. The van der Waals surface area contributed by atoms with Gasteiger partial charge in [0.15, 0.2) is 5.82 Å². The van der Waals surface area contributed by atoms with E-state index in [-0.39, 0.29) is 6.04 Å². The average molecular weight is 482 g/mol. The van der Waals surface area contributed by atoms with Crippen LogP contribution in [-0.4, -0.2) is 62.4 Å². The number of fused-ring (bicyclic) bond motifs is 1. The molecule has 0 amide bonds. The van der Waals surface area contributed by atoms with E-state index in [1.165, 1.54) is 24.9 Å². The molecule has 36 heavy (non-hydrogen) atoms. The molecule has 2 saturated heterocycles.